The molecule has 0 heterocycles. The number of allylic oxidation sites excluding steroid dienone is 1. The van der Waals surface area contributed by atoms with Gasteiger partial charge in [0.25, 0.3) is 0 Å². The Kier molecular flexibility index (Phi) is 6.79. The van der Waals surface area contributed by atoms with Crippen LogP contribution in [0.2, 0.25) is 0 Å². The topological polar surface area (TPSA) is 26.3 Å². The maximum absolute atomic E-state index is 13.5. The van der Waals surface area contributed by atoms with Gasteiger partial charge in [0.05, 0.1) is 5.92 Å². The molecule has 1 aliphatic carbocycles. The van der Waals surface area contributed by atoms with E-state index in [1.165, 1.54) is 17.2 Å². The van der Waals surface area contributed by atoms with Crippen LogP contribution < -0.4 is 4.74 Å². The number of carbonyl (C=O) groups is 1. The molecule has 1 fully saturated rings. The van der Waals surface area contributed by atoms with E-state index in [4.69, 9.17) is 4.74 Å². The molecule has 0 bridgehead atoms. The summed E-state index contributed by atoms with van der Waals surface area (Å²) >= 11 is 0. The maximum atomic E-state index is 13.5. The second-order valence-electron chi connectivity index (χ2n) is 8.36. The third-order valence-corrected chi connectivity index (χ3v) is 6.22. The third kappa shape index (κ3) is 5.13. The van der Waals surface area contributed by atoms with Crippen LogP contribution in [0.5, 0.6) is 5.75 Å². The van der Waals surface area contributed by atoms with Gasteiger partial charge in [-0.3, -0.25) is 4.79 Å². The predicted octanol–water partition coefficient (Wildman–Crippen LogP) is 7.24. The van der Waals surface area contributed by atoms with E-state index in [-0.39, 0.29) is 11.9 Å². The van der Waals surface area contributed by atoms with Crippen molar-refractivity contribution in [2.45, 2.75) is 38.0 Å². The van der Waals surface area contributed by atoms with Crippen molar-refractivity contribution in [1.82, 2.24) is 0 Å². The number of halogens is 2. The lowest BCUT2D eigenvalue weighted by Gasteiger charge is -2.27. The van der Waals surface area contributed by atoms with Crippen molar-refractivity contribution in [2.75, 3.05) is 0 Å². The van der Waals surface area contributed by atoms with Crippen molar-refractivity contribution in [1.29, 1.82) is 0 Å². The van der Waals surface area contributed by atoms with Gasteiger partial charge in [0.15, 0.2) is 11.6 Å². The Balaban J connectivity index is 1.31. The molecule has 0 aromatic heterocycles. The molecule has 32 heavy (non-hydrogen) atoms. The molecule has 2 nitrogen and oxygen atoms in total. The maximum Gasteiger partial charge on any atom is 0.314 e. The van der Waals surface area contributed by atoms with Crippen molar-refractivity contribution in [3.8, 4) is 16.9 Å². The van der Waals surface area contributed by atoms with Gasteiger partial charge in [0.2, 0.25) is 0 Å². The van der Waals surface area contributed by atoms with Crippen molar-refractivity contribution < 1.29 is 18.3 Å². The van der Waals surface area contributed by atoms with Crippen molar-refractivity contribution in [3.63, 3.8) is 0 Å². The Labute approximate surface area is 187 Å². The van der Waals surface area contributed by atoms with Gasteiger partial charge in [-0.25, -0.2) is 8.78 Å². The Morgan fingerprint density at radius 1 is 0.875 bits per heavy atom. The summed E-state index contributed by atoms with van der Waals surface area (Å²) in [5.41, 5.74) is 3.88. The minimum Gasteiger partial charge on any atom is -0.426 e. The smallest absolute Gasteiger partial charge is 0.314 e. The highest BCUT2D eigenvalue weighted by Crippen LogP contribution is 2.36. The van der Waals surface area contributed by atoms with E-state index in [0.29, 0.717) is 17.2 Å². The van der Waals surface area contributed by atoms with Gasteiger partial charge < -0.3 is 4.74 Å². The van der Waals surface area contributed by atoms with E-state index < -0.39 is 11.6 Å². The van der Waals surface area contributed by atoms with E-state index in [2.05, 4.69) is 30.8 Å². The first kappa shape index (κ1) is 21.9. The standard InChI is InChI=1S/C28H26F2O2/c1-2-3-19-4-6-20(7-5-19)21-8-10-23(11-9-21)28(31)32-25-15-12-22(13-16-25)24-14-17-26(29)27(30)18-24/h2,4-7,12-18,21,23H,1,3,8-11H2/t21-,23-. The van der Waals surface area contributed by atoms with Crippen molar-refractivity contribution in [2.24, 2.45) is 5.92 Å². The quantitative estimate of drug-likeness (QED) is 0.233. The van der Waals surface area contributed by atoms with Crippen LogP contribution in [0.1, 0.15) is 42.7 Å². The molecule has 1 saturated carbocycles. The van der Waals surface area contributed by atoms with Crippen LogP contribution in [-0.4, -0.2) is 5.97 Å². The first-order valence-electron chi connectivity index (χ1n) is 11.0. The molecule has 0 atom stereocenters. The minimum atomic E-state index is -0.888. The second kappa shape index (κ2) is 9.90. The highest BCUT2D eigenvalue weighted by Gasteiger charge is 2.28. The highest BCUT2D eigenvalue weighted by molar-refractivity contribution is 5.75. The number of hydrogen-bond acceptors (Lipinski definition) is 2. The molecule has 0 N–H and O–H groups in total. The number of carbonyl (C=O) groups excluding carboxylic acids is 1. The van der Waals surface area contributed by atoms with Crippen LogP contribution in [0.15, 0.2) is 79.4 Å². The zero-order valence-corrected chi connectivity index (χ0v) is 17.9. The minimum absolute atomic E-state index is 0.0999. The molecule has 164 valence electrons. The van der Waals surface area contributed by atoms with E-state index in [1.807, 2.05) is 6.08 Å². The lowest BCUT2D eigenvalue weighted by atomic mass is 9.78. The SMILES string of the molecule is C=CCc1ccc([C@H]2CC[C@H](C(=O)Oc3ccc(-c4ccc(F)c(F)c4)cc3)CC2)cc1. The van der Waals surface area contributed by atoms with Crippen LogP contribution in [0.25, 0.3) is 11.1 Å². The molecule has 3 aromatic carbocycles. The Bertz CT molecular complexity index is 1080. The van der Waals surface area contributed by atoms with Crippen LogP contribution in [0.4, 0.5) is 8.78 Å². The van der Waals surface area contributed by atoms with Gasteiger partial charge in [0.1, 0.15) is 5.75 Å². The Morgan fingerprint density at radius 3 is 2.16 bits per heavy atom. The molecule has 0 spiro atoms. The summed E-state index contributed by atoms with van der Waals surface area (Å²) in [6.45, 7) is 3.78. The van der Waals surface area contributed by atoms with Crippen LogP contribution in [0, 0.1) is 17.6 Å². The van der Waals surface area contributed by atoms with Gasteiger partial charge in [-0.05, 0) is 84.5 Å². The molecule has 0 unspecified atom stereocenters. The molecule has 1 aliphatic rings. The monoisotopic (exact) mass is 432 g/mol. The lowest BCUT2D eigenvalue weighted by molar-refractivity contribution is -0.140. The van der Waals surface area contributed by atoms with Crippen LogP contribution in [0.3, 0.4) is 0 Å². The summed E-state index contributed by atoms with van der Waals surface area (Å²) in [7, 11) is 0. The van der Waals surface area contributed by atoms with E-state index >= 15 is 0 Å². The fourth-order valence-electron chi connectivity index (χ4n) is 4.35. The van der Waals surface area contributed by atoms with Crippen LogP contribution >= 0.6 is 0 Å². The number of hydrogen-bond donors (Lipinski definition) is 0. The van der Waals surface area contributed by atoms with Gasteiger partial charge in [-0.1, -0.05) is 48.5 Å². The summed E-state index contributed by atoms with van der Waals surface area (Å²) in [6, 6.07) is 19.3. The summed E-state index contributed by atoms with van der Waals surface area (Å²) in [5.74, 6) is -1.13. The largest absolute Gasteiger partial charge is 0.426 e. The fraction of sp³-hybridized carbons (Fsp3) is 0.250. The zero-order chi connectivity index (χ0) is 22.5. The van der Waals surface area contributed by atoms with Crippen LogP contribution in [-0.2, 0) is 11.2 Å². The molecule has 4 heteroatoms. The molecule has 0 amide bonds. The summed E-state index contributed by atoms with van der Waals surface area (Å²) in [5, 5.41) is 0. The summed E-state index contributed by atoms with van der Waals surface area (Å²) < 4.78 is 32.2. The zero-order valence-electron chi connectivity index (χ0n) is 17.9. The highest BCUT2D eigenvalue weighted by atomic mass is 19.2. The molecule has 3 aromatic rings. The molecular weight excluding hydrogens is 406 g/mol. The normalized spacial score (nSPS) is 18.2. The molecular formula is C28H26F2O2. The average Bonchev–Trinajstić information content (AvgIpc) is 2.82. The molecule has 4 rings (SSSR count). The van der Waals surface area contributed by atoms with Crippen molar-refractivity contribution >= 4 is 5.97 Å². The number of rotatable bonds is 6. The molecule has 0 aliphatic heterocycles. The Hall–Kier alpha value is -3.27. The lowest BCUT2D eigenvalue weighted by Crippen LogP contribution is -2.25. The average molecular weight is 433 g/mol. The number of benzene rings is 3. The molecule has 0 saturated heterocycles. The summed E-state index contributed by atoms with van der Waals surface area (Å²) in [6.07, 6.45) is 6.34. The number of ether oxygens (including phenoxy) is 1. The van der Waals surface area contributed by atoms with Gasteiger partial charge in [-0.2, -0.15) is 0 Å². The molecule has 0 radical (unpaired) electrons. The van der Waals surface area contributed by atoms with E-state index in [1.54, 1.807) is 24.3 Å². The van der Waals surface area contributed by atoms with E-state index in [9.17, 15) is 13.6 Å². The number of esters is 1. The first-order chi connectivity index (χ1) is 15.5. The summed E-state index contributed by atoms with van der Waals surface area (Å²) in [4.78, 5) is 12.6. The predicted molar refractivity (Wildman–Crippen MR) is 122 cm³/mol. The second-order valence-corrected chi connectivity index (χ2v) is 8.36. The van der Waals surface area contributed by atoms with E-state index in [0.717, 1.165) is 49.8 Å². The Morgan fingerprint density at radius 2 is 1.53 bits per heavy atom. The van der Waals surface area contributed by atoms with Crippen molar-refractivity contribution in [3.05, 3.63) is 102 Å². The fourth-order valence-corrected chi connectivity index (χ4v) is 4.35. The van der Waals surface area contributed by atoms with Gasteiger partial charge >= 0.3 is 5.97 Å². The first-order valence-corrected chi connectivity index (χ1v) is 11.0. The van der Waals surface area contributed by atoms with Gasteiger partial charge in [0, 0.05) is 0 Å². The third-order valence-electron chi connectivity index (χ3n) is 6.22. The van der Waals surface area contributed by atoms with Gasteiger partial charge in [-0.15, -0.1) is 6.58 Å².